The van der Waals surface area contributed by atoms with Crippen LogP contribution in [0.4, 0.5) is 5.82 Å². The van der Waals surface area contributed by atoms with Gasteiger partial charge in [-0.25, -0.2) is 0 Å². The fraction of sp³-hybridized carbons (Fsp3) is 0.789. The lowest BCUT2D eigenvalue weighted by Gasteiger charge is -2.36. The smallest absolute Gasteiger partial charge is 0.234 e. The first-order chi connectivity index (χ1) is 12.4. The van der Waals surface area contributed by atoms with Crippen molar-refractivity contribution in [3.8, 4) is 5.88 Å². The van der Waals surface area contributed by atoms with Crippen LogP contribution in [0.15, 0.2) is 12.4 Å². The number of rotatable bonds is 6. The van der Waals surface area contributed by atoms with Crippen LogP contribution in [0.3, 0.4) is 0 Å². The topological polar surface area (TPSA) is 50.7 Å². The second kappa shape index (κ2) is 8.32. The van der Waals surface area contributed by atoms with Crippen molar-refractivity contribution >= 4 is 5.82 Å². The zero-order chi connectivity index (χ0) is 16.9. The SMILES string of the molecule is c1ncc(N2CCN(CC3CCOC3)CC2)nc1OCC1CCCC1. The van der Waals surface area contributed by atoms with Gasteiger partial charge in [-0.05, 0) is 31.1 Å². The summed E-state index contributed by atoms with van der Waals surface area (Å²) < 4.78 is 11.4. The molecule has 2 aliphatic heterocycles. The zero-order valence-corrected chi connectivity index (χ0v) is 15.1. The van der Waals surface area contributed by atoms with Gasteiger partial charge in [-0.15, -0.1) is 0 Å². The molecule has 138 valence electrons. The lowest BCUT2D eigenvalue weighted by Crippen LogP contribution is -2.48. The van der Waals surface area contributed by atoms with Gasteiger partial charge >= 0.3 is 0 Å². The van der Waals surface area contributed by atoms with E-state index in [0.29, 0.717) is 11.8 Å². The van der Waals surface area contributed by atoms with E-state index < -0.39 is 0 Å². The summed E-state index contributed by atoms with van der Waals surface area (Å²) in [5.41, 5.74) is 0. The summed E-state index contributed by atoms with van der Waals surface area (Å²) in [6.07, 6.45) is 10.1. The molecule has 0 aromatic carbocycles. The molecule has 6 heteroatoms. The monoisotopic (exact) mass is 346 g/mol. The molecule has 1 aliphatic carbocycles. The third-order valence-corrected chi connectivity index (χ3v) is 5.78. The van der Waals surface area contributed by atoms with E-state index in [4.69, 9.17) is 9.47 Å². The number of hydrogen-bond acceptors (Lipinski definition) is 6. The Kier molecular flexibility index (Phi) is 5.67. The minimum atomic E-state index is 0.676. The summed E-state index contributed by atoms with van der Waals surface area (Å²) in [6.45, 7) is 8.03. The predicted octanol–water partition coefficient (Wildman–Crippen LogP) is 2.20. The summed E-state index contributed by atoms with van der Waals surface area (Å²) in [6, 6.07) is 0. The van der Waals surface area contributed by atoms with Crippen LogP contribution in [0.25, 0.3) is 0 Å². The van der Waals surface area contributed by atoms with E-state index in [1.54, 1.807) is 6.20 Å². The van der Waals surface area contributed by atoms with E-state index >= 15 is 0 Å². The number of anilines is 1. The normalized spacial score (nSPS) is 25.6. The summed E-state index contributed by atoms with van der Waals surface area (Å²) >= 11 is 0. The second-order valence-electron chi connectivity index (χ2n) is 7.69. The third kappa shape index (κ3) is 4.61. The molecule has 0 spiro atoms. The summed E-state index contributed by atoms with van der Waals surface area (Å²) in [5, 5.41) is 0. The van der Waals surface area contributed by atoms with Gasteiger partial charge in [-0.2, -0.15) is 4.98 Å². The van der Waals surface area contributed by atoms with Gasteiger partial charge in [0.05, 0.1) is 25.6 Å². The average Bonchev–Trinajstić information content (AvgIpc) is 3.35. The van der Waals surface area contributed by atoms with Gasteiger partial charge in [0.2, 0.25) is 5.88 Å². The third-order valence-electron chi connectivity index (χ3n) is 5.78. The highest BCUT2D eigenvalue weighted by molar-refractivity contribution is 5.38. The van der Waals surface area contributed by atoms with Gasteiger partial charge < -0.3 is 14.4 Å². The van der Waals surface area contributed by atoms with Crippen molar-refractivity contribution < 1.29 is 9.47 Å². The van der Waals surface area contributed by atoms with E-state index in [-0.39, 0.29) is 0 Å². The van der Waals surface area contributed by atoms with E-state index in [0.717, 1.165) is 57.7 Å². The minimum absolute atomic E-state index is 0.676. The van der Waals surface area contributed by atoms with Crippen LogP contribution in [0, 0.1) is 11.8 Å². The maximum absolute atomic E-state index is 5.91. The number of ether oxygens (including phenoxy) is 2. The second-order valence-corrected chi connectivity index (χ2v) is 7.69. The molecule has 2 saturated heterocycles. The Balaban J connectivity index is 1.26. The van der Waals surface area contributed by atoms with Gasteiger partial charge in [0.1, 0.15) is 0 Å². The Labute approximate surface area is 150 Å². The van der Waals surface area contributed by atoms with Crippen molar-refractivity contribution in [3.63, 3.8) is 0 Å². The van der Waals surface area contributed by atoms with Crippen LogP contribution in [-0.4, -0.2) is 67.4 Å². The molecule has 6 nitrogen and oxygen atoms in total. The molecule has 1 saturated carbocycles. The Bertz CT molecular complexity index is 536. The van der Waals surface area contributed by atoms with Crippen molar-refractivity contribution in [2.24, 2.45) is 11.8 Å². The molecule has 3 aliphatic rings. The molecule has 3 fully saturated rings. The number of piperazine rings is 1. The molecule has 0 bridgehead atoms. The molecule has 1 aromatic heterocycles. The standard InChI is InChI=1S/C19H30N4O2/c1-2-4-16(3-1)15-25-19-12-20-11-18(21-19)23-8-6-22(7-9-23)13-17-5-10-24-14-17/h11-12,16-17H,1-10,13-15H2. The highest BCUT2D eigenvalue weighted by Gasteiger charge is 2.23. The van der Waals surface area contributed by atoms with Crippen LogP contribution >= 0.6 is 0 Å². The molecule has 1 unspecified atom stereocenters. The Morgan fingerprint density at radius 3 is 2.64 bits per heavy atom. The largest absolute Gasteiger partial charge is 0.476 e. The van der Waals surface area contributed by atoms with Crippen LogP contribution in [0.1, 0.15) is 32.1 Å². The van der Waals surface area contributed by atoms with E-state index in [2.05, 4.69) is 19.8 Å². The molecule has 25 heavy (non-hydrogen) atoms. The van der Waals surface area contributed by atoms with Gasteiger partial charge in [0.25, 0.3) is 0 Å². The van der Waals surface area contributed by atoms with Crippen LogP contribution in [-0.2, 0) is 4.74 Å². The highest BCUT2D eigenvalue weighted by atomic mass is 16.5. The zero-order valence-electron chi connectivity index (χ0n) is 15.1. The van der Waals surface area contributed by atoms with Gasteiger partial charge in [-0.3, -0.25) is 9.88 Å². The van der Waals surface area contributed by atoms with Gasteiger partial charge in [0.15, 0.2) is 5.82 Å². The quantitative estimate of drug-likeness (QED) is 0.787. The maximum atomic E-state index is 5.91. The lowest BCUT2D eigenvalue weighted by atomic mass is 10.1. The number of aromatic nitrogens is 2. The summed E-state index contributed by atoms with van der Waals surface area (Å²) in [5.74, 6) is 3.05. The van der Waals surface area contributed by atoms with E-state index in [1.807, 2.05) is 6.20 Å². The van der Waals surface area contributed by atoms with Crippen molar-refractivity contribution in [2.45, 2.75) is 32.1 Å². The fourth-order valence-electron chi connectivity index (χ4n) is 4.19. The van der Waals surface area contributed by atoms with Crippen LogP contribution in [0.2, 0.25) is 0 Å². The predicted molar refractivity (Wildman–Crippen MR) is 97.1 cm³/mol. The molecule has 0 N–H and O–H groups in total. The molecule has 4 rings (SSSR count). The minimum Gasteiger partial charge on any atom is -0.476 e. The van der Waals surface area contributed by atoms with Crippen molar-refractivity contribution in [1.29, 1.82) is 0 Å². The number of hydrogen-bond donors (Lipinski definition) is 0. The van der Waals surface area contributed by atoms with Crippen molar-refractivity contribution in [2.75, 3.05) is 57.4 Å². The molecule has 0 amide bonds. The molecule has 1 atom stereocenters. The van der Waals surface area contributed by atoms with Crippen LogP contribution < -0.4 is 9.64 Å². The first-order valence-corrected chi connectivity index (χ1v) is 9.87. The Morgan fingerprint density at radius 1 is 1.04 bits per heavy atom. The summed E-state index contributed by atoms with van der Waals surface area (Å²) in [7, 11) is 0. The Morgan fingerprint density at radius 2 is 1.88 bits per heavy atom. The molecule has 1 aromatic rings. The summed E-state index contributed by atoms with van der Waals surface area (Å²) in [4.78, 5) is 13.9. The molecule has 3 heterocycles. The first kappa shape index (κ1) is 17.0. The highest BCUT2D eigenvalue weighted by Crippen LogP contribution is 2.25. The molecular weight excluding hydrogens is 316 g/mol. The van der Waals surface area contributed by atoms with E-state index in [9.17, 15) is 0 Å². The van der Waals surface area contributed by atoms with Gasteiger partial charge in [0, 0.05) is 39.3 Å². The first-order valence-electron chi connectivity index (χ1n) is 9.87. The number of nitrogens with zero attached hydrogens (tertiary/aromatic N) is 4. The lowest BCUT2D eigenvalue weighted by molar-refractivity contribution is 0.164. The fourth-order valence-corrected chi connectivity index (χ4v) is 4.19. The van der Waals surface area contributed by atoms with Crippen molar-refractivity contribution in [3.05, 3.63) is 12.4 Å². The molecule has 0 radical (unpaired) electrons. The van der Waals surface area contributed by atoms with Gasteiger partial charge in [-0.1, -0.05) is 12.8 Å². The average molecular weight is 346 g/mol. The molecular formula is C19H30N4O2. The van der Waals surface area contributed by atoms with Crippen LogP contribution in [0.5, 0.6) is 5.88 Å². The Hall–Kier alpha value is -1.40. The maximum Gasteiger partial charge on any atom is 0.234 e. The van der Waals surface area contributed by atoms with Crippen molar-refractivity contribution in [1.82, 2.24) is 14.9 Å². The van der Waals surface area contributed by atoms with E-state index in [1.165, 1.54) is 38.6 Å².